The van der Waals surface area contributed by atoms with Crippen LogP contribution in [-0.2, 0) is 17.8 Å². The van der Waals surface area contributed by atoms with Crippen LogP contribution >= 0.6 is 0 Å². The van der Waals surface area contributed by atoms with Crippen molar-refractivity contribution >= 4 is 5.91 Å². The molecule has 0 spiro atoms. The maximum atomic E-state index is 13.3. The minimum atomic E-state index is -0.338. The standard InChI is InChI=1S/C20H19N3O2/c24-19-16-11-12-23(13-17(16)21-22-19)20(25)18(14-7-3-1-4-8-14)15-9-5-2-6-10-15/h1-10,18H,11-13H2,(H2,21,22,24). The second-order valence-corrected chi connectivity index (χ2v) is 6.30. The van der Waals surface area contributed by atoms with Crippen molar-refractivity contribution in [1.82, 2.24) is 15.1 Å². The number of aromatic nitrogens is 2. The third-order valence-electron chi connectivity index (χ3n) is 4.77. The van der Waals surface area contributed by atoms with Gasteiger partial charge in [-0.3, -0.25) is 14.7 Å². The van der Waals surface area contributed by atoms with Crippen molar-refractivity contribution in [3.05, 3.63) is 93.4 Å². The molecule has 2 N–H and O–H groups in total. The molecule has 3 aromatic rings. The fraction of sp³-hybridized carbons (Fsp3) is 0.200. The highest BCUT2D eigenvalue weighted by atomic mass is 16.2. The number of nitrogens with zero attached hydrogens (tertiary/aromatic N) is 1. The van der Waals surface area contributed by atoms with Gasteiger partial charge in [0.05, 0.1) is 18.2 Å². The Hall–Kier alpha value is -3.08. The molecule has 0 fully saturated rings. The molecule has 1 aliphatic rings. The molecular formula is C20H19N3O2. The van der Waals surface area contributed by atoms with E-state index in [1.165, 1.54) is 0 Å². The Morgan fingerprint density at radius 3 is 2.12 bits per heavy atom. The molecule has 0 bridgehead atoms. The van der Waals surface area contributed by atoms with Crippen molar-refractivity contribution in [2.24, 2.45) is 0 Å². The quantitative estimate of drug-likeness (QED) is 0.773. The van der Waals surface area contributed by atoms with Crippen LogP contribution in [0, 0.1) is 0 Å². The van der Waals surface area contributed by atoms with E-state index in [0.717, 1.165) is 22.4 Å². The Bertz CT molecular complexity index is 889. The predicted octanol–water partition coefficient (Wildman–Crippen LogP) is 2.42. The van der Waals surface area contributed by atoms with Gasteiger partial charge in [0.15, 0.2) is 0 Å². The molecule has 1 aliphatic heterocycles. The summed E-state index contributed by atoms with van der Waals surface area (Å²) < 4.78 is 0. The average Bonchev–Trinajstić information content (AvgIpc) is 3.04. The molecule has 0 atom stereocenters. The van der Waals surface area contributed by atoms with Crippen LogP contribution in [0.3, 0.4) is 0 Å². The number of amides is 1. The summed E-state index contributed by atoms with van der Waals surface area (Å²) in [6, 6.07) is 19.7. The van der Waals surface area contributed by atoms with Crippen LogP contribution in [0.15, 0.2) is 65.5 Å². The van der Waals surface area contributed by atoms with E-state index in [0.29, 0.717) is 19.5 Å². The molecule has 0 aliphatic carbocycles. The molecule has 0 radical (unpaired) electrons. The van der Waals surface area contributed by atoms with E-state index in [1.807, 2.05) is 65.6 Å². The minimum Gasteiger partial charge on any atom is -0.336 e. The molecule has 0 unspecified atom stereocenters. The molecular weight excluding hydrogens is 314 g/mol. The number of nitrogens with one attached hydrogen (secondary N) is 2. The minimum absolute atomic E-state index is 0.0603. The largest absolute Gasteiger partial charge is 0.336 e. The smallest absolute Gasteiger partial charge is 0.267 e. The summed E-state index contributed by atoms with van der Waals surface area (Å²) in [4.78, 5) is 26.9. The molecule has 2 aromatic carbocycles. The predicted molar refractivity (Wildman–Crippen MR) is 95.3 cm³/mol. The van der Waals surface area contributed by atoms with Crippen molar-refractivity contribution in [1.29, 1.82) is 0 Å². The number of hydrogen-bond donors (Lipinski definition) is 2. The van der Waals surface area contributed by atoms with E-state index in [1.54, 1.807) is 0 Å². The van der Waals surface area contributed by atoms with Crippen LogP contribution in [-0.4, -0.2) is 27.5 Å². The van der Waals surface area contributed by atoms with Gasteiger partial charge in [0.25, 0.3) is 5.56 Å². The molecule has 126 valence electrons. The number of rotatable bonds is 3. The summed E-state index contributed by atoms with van der Waals surface area (Å²) in [7, 11) is 0. The first-order valence-electron chi connectivity index (χ1n) is 8.41. The summed E-state index contributed by atoms with van der Waals surface area (Å²) in [5.41, 5.74) is 3.45. The second kappa shape index (κ2) is 6.43. The van der Waals surface area contributed by atoms with Crippen LogP contribution < -0.4 is 5.56 Å². The lowest BCUT2D eigenvalue weighted by Gasteiger charge is -2.30. The topological polar surface area (TPSA) is 69.0 Å². The first-order chi connectivity index (χ1) is 12.2. The van der Waals surface area contributed by atoms with Gasteiger partial charge < -0.3 is 10.00 Å². The first-order valence-corrected chi connectivity index (χ1v) is 8.41. The van der Waals surface area contributed by atoms with Gasteiger partial charge in [-0.15, -0.1) is 0 Å². The lowest BCUT2D eigenvalue weighted by atomic mass is 9.89. The molecule has 4 rings (SSSR count). The number of carbonyl (C=O) groups excluding carboxylic acids is 1. The van der Waals surface area contributed by atoms with Crippen LogP contribution in [0.25, 0.3) is 0 Å². The Kier molecular flexibility index (Phi) is 3.98. The molecule has 2 heterocycles. The SMILES string of the molecule is O=C(C(c1ccccc1)c1ccccc1)N1CCc2c([nH][nH]c2=O)C1. The summed E-state index contributed by atoms with van der Waals surface area (Å²) in [5.74, 6) is -0.278. The third kappa shape index (κ3) is 2.89. The van der Waals surface area contributed by atoms with Gasteiger partial charge in [0.1, 0.15) is 0 Å². The highest BCUT2D eigenvalue weighted by Crippen LogP contribution is 2.28. The van der Waals surface area contributed by atoms with Gasteiger partial charge in [0, 0.05) is 12.1 Å². The number of aromatic amines is 2. The van der Waals surface area contributed by atoms with E-state index in [9.17, 15) is 9.59 Å². The maximum Gasteiger partial charge on any atom is 0.267 e. The number of hydrogen-bond acceptors (Lipinski definition) is 2. The zero-order chi connectivity index (χ0) is 17.2. The van der Waals surface area contributed by atoms with Gasteiger partial charge in [0.2, 0.25) is 5.91 Å². The van der Waals surface area contributed by atoms with Crippen LogP contribution in [0.2, 0.25) is 0 Å². The molecule has 5 nitrogen and oxygen atoms in total. The normalized spacial score (nSPS) is 13.7. The van der Waals surface area contributed by atoms with E-state index in [4.69, 9.17) is 0 Å². The zero-order valence-electron chi connectivity index (χ0n) is 13.7. The monoisotopic (exact) mass is 333 g/mol. The lowest BCUT2D eigenvalue weighted by molar-refractivity contribution is -0.132. The average molecular weight is 333 g/mol. The van der Waals surface area contributed by atoms with Gasteiger partial charge in [-0.25, -0.2) is 0 Å². The fourth-order valence-electron chi connectivity index (χ4n) is 3.48. The van der Waals surface area contributed by atoms with E-state index in [2.05, 4.69) is 10.2 Å². The number of fused-ring (bicyclic) bond motifs is 1. The molecule has 1 amide bonds. The fourth-order valence-corrected chi connectivity index (χ4v) is 3.48. The number of H-pyrrole nitrogens is 2. The van der Waals surface area contributed by atoms with Crippen LogP contribution in [0.5, 0.6) is 0 Å². The Balaban J connectivity index is 1.68. The molecule has 5 heteroatoms. The second-order valence-electron chi connectivity index (χ2n) is 6.30. The van der Waals surface area contributed by atoms with Gasteiger partial charge in [-0.05, 0) is 17.5 Å². The molecule has 0 saturated carbocycles. The van der Waals surface area contributed by atoms with E-state index in [-0.39, 0.29) is 17.4 Å². The van der Waals surface area contributed by atoms with Crippen LogP contribution in [0.4, 0.5) is 0 Å². The Labute approximate surface area is 145 Å². The molecule has 25 heavy (non-hydrogen) atoms. The third-order valence-corrected chi connectivity index (χ3v) is 4.77. The van der Waals surface area contributed by atoms with Crippen molar-refractivity contribution < 1.29 is 4.79 Å². The Morgan fingerprint density at radius 1 is 0.920 bits per heavy atom. The Morgan fingerprint density at radius 2 is 1.52 bits per heavy atom. The maximum absolute atomic E-state index is 13.3. The first kappa shape index (κ1) is 15.4. The van der Waals surface area contributed by atoms with Crippen molar-refractivity contribution in [2.45, 2.75) is 18.9 Å². The van der Waals surface area contributed by atoms with Gasteiger partial charge >= 0.3 is 0 Å². The van der Waals surface area contributed by atoms with Crippen molar-refractivity contribution in [2.75, 3.05) is 6.54 Å². The number of benzene rings is 2. The summed E-state index contributed by atoms with van der Waals surface area (Å²) in [6.07, 6.45) is 0.580. The summed E-state index contributed by atoms with van der Waals surface area (Å²) in [6.45, 7) is 0.992. The summed E-state index contributed by atoms with van der Waals surface area (Å²) in [5, 5.41) is 5.51. The molecule has 0 saturated heterocycles. The van der Waals surface area contributed by atoms with E-state index >= 15 is 0 Å². The van der Waals surface area contributed by atoms with Crippen molar-refractivity contribution in [3.8, 4) is 0 Å². The molecule has 1 aromatic heterocycles. The summed E-state index contributed by atoms with van der Waals surface area (Å²) >= 11 is 0. The van der Waals surface area contributed by atoms with Crippen LogP contribution in [0.1, 0.15) is 28.3 Å². The van der Waals surface area contributed by atoms with Gasteiger partial charge in [-0.2, -0.15) is 0 Å². The number of carbonyl (C=O) groups is 1. The highest BCUT2D eigenvalue weighted by molar-refractivity contribution is 5.87. The van der Waals surface area contributed by atoms with E-state index < -0.39 is 0 Å². The van der Waals surface area contributed by atoms with Crippen molar-refractivity contribution in [3.63, 3.8) is 0 Å². The highest BCUT2D eigenvalue weighted by Gasteiger charge is 2.30. The zero-order valence-corrected chi connectivity index (χ0v) is 13.7. The van der Waals surface area contributed by atoms with Gasteiger partial charge in [-0.1, -0.05) is 60.7 Å². The lowest BCUT2D eigenvalue weighted by Crippen LogP contribution is -2.40.